The van der Waals surface area contributed by atoms with E-state index in [1.807, 2.05) is 0 Å². The maximum Gasteiger partial charge on any atom is 0.137 e. The number of ether oxygens (including phenoxy) is 1. The molecule has 0 heterocycles. The highest BCUT2D eigenvalue weighted by atomic mass is 79.9. The van der Waals surface area contributed by atoms with Gasteiger partial charge in [-0.2, -0.15) is 0 Å². The van der Waals surface area contributed by atoms with Crippen molar-refractivity contribution in [2.45, 2.75) is 12.3 Å². The maximum atomic E-state index is 13.1. The molecule has 92 valence electrons. The highest BCUT2D eigenvalue weighted by Gasteiger charge is 2.25. The minimum Gasteiger partial charge on any atom is -0.493 e. The first-order chi connectivity index (χ1) is 8.74. The second-order valence-electron chi connectivity index (χ2n) is 4.49. The van der Waals surface area contributed by atoms with E-state index in [2.05, 4.69) is 40.2 Å². The van der Waals surface area contributed by atoms with E-state index >= 15 is 0 Å². The first kappa shape index (κ1) is 11.7. The summed E-state index contributed by atoms with van der Waals surface area (Å²) in [6, 6.07) is 13.2. The van der Waals surface area contributed by atoms with E-state index in [0.29, 0.717) is 22.7 Å². The second kappa shape index (κ2) is 4.73. The van der Waals surface area contributed by atoms with Gasteiger partial charge >= 0.3 is 0 Å². The third-order valence-corrected chi connectivity index (χ3v) is 3.91. The SMILES string of the molecule is Fc1ccc(OCC2Cc3ccccc32)cc1Br. The summed E-state index contributed by atoms with van der Waals surface area (Å²) in [5.74, 6) is 0.897. The molecule has 2 aromatic rings. The van der Waals surface area contributed by atoms with Crippen molar-refractivity contribution in [3.8, 4) is 5.75 Å². The molecule has 1 unspecified atom stereocenters. The smallest absolute Gasteiger partial charge is 0.137 e. The maximum absolute atomic E-state index is 13.1. The van der Waals surface area contributed by atoms with Crippen molar-refractivity contribution in [3.63, 3.8) is 0 Å². The van der Waals surface area contributed by atoms with Gasteiger partial charge in [0.25, 0.3) is 0 Å². The zero-order valence-electron chi connectivity index (χ0n) is 9.70. The molecule has 0 aromatic heterocycles. The molecule has 0 bridgehead atoms. The predicted molar refractivity (Wildman–Crippen MR) is 72.5 cm³/mol. The van der Waals surface area contributed by atoms with Gasteiger partial charge in [0.15, 0.2) is 0 Å². The Hall–Kier alpha value is -1.35. The van der Waals surface area contributed by atoms with Gasteiger partial charge in [0, 0.05) is 5.92 Å². The fourth-order valence-corrected chi connectivity index (χ4v) is 2.63. The quantitative estimate of drug-likeness (QED) is 0.821. The van der Waals surface area contributed by atoms with Crippen LogP contribution >= 0.6 is 15.9 Å². The van der Waals surface area contributed by atoms with Gasteiger partial charge in [-0.15, -0.1) is 0 Å². The average Bonchev–Trinajstić information content (AvgIpc) is 2.35. The van der Waals surface area contributed by atoms with E-state index in [1.165, 1.54) is 17.2 Å². The first-order valence-corrected chi connectivity index (χ1v) is 6.69. The van der Waals surface area contributed by atoms with Crippen LogP contribution in [0, 0.1) is 5.82 Å². The Labute approximate surface area is 114 Å². The van der Waals surface area contributed by atoms with E-state index in [0.717, 1.165) is 6.42 Å². The van der Waals surface area contributed by atoms with Crippen LogP contribution in [-0.4, -0.2) is 6.61 Å². The molecule has 2 aromatic carbocycles. The van der Waals surface area contributed by atoms with Gasteiger partial charge < -0.3 is 4.74 Å². The van der Waals surface area contributed by atoms with Crippen molar-refractivity contribution in [2.24, 2.45) is 0 Å². The molecule has 0 aliphatic heterocycles. The van der Waals surface area contributed by atoms with Crippen molar-refractivity contribution in [2.75, 3.05) is 6.61 Å². The molecule has 0 radical (unpaired) electrons. The molecule has 1 atom stereocenters. The third kappa shape index (κ3) is 2.15. The molecule has 3 rings (SSSR count). The minimum absolute atomic E-state index is 0.267. The van der Waals surface area contributed by atoms with Crippen LogP contribution in [0.3, 0.4) is 0 Å². The topological polar surface area (TPSA) is 9.23 Å². The summed E-state index contributed by atoms with van der Waals surface area (Å²) >= 11 is 3.15. The monoisotopic (exact) mass is 306 g/mol. The zero-order chi connectivity index (χ0) is 12.5. The van der Waals surface area contributed by atoms with Gasteiger partial charge in [-0.05, 0) is 51.7 Å². The lowest BCUT2D eigenvalue weighted by atomic mass is 9.78. The molecular formula is C15H12BrFO. The summed E-state index contributed by atoms with van der Waals surface area (Å²) in [6.07, 6.45) is 1.07. The Morgan fingerprint density at radius 1 is 1.22 bits per heavy atom. The fourth-order valence-electron chi connectivity index (χ4n) is 2.27. The van der Waals surface area contributed by atoms with Gasteiger partial charge in [-0.3, -0.25) is 0 Å². The lowest BCUT2D eigenvalue weighted by Gasteiger charge is -2.29. The molecule has 0 saturated carbocycles. The van der Waals surface area contributed by atoms with Crippen LogP contribution in [0.15, 0.2) is 46.9 Å². The Morgan fingerprint density at radius 3 is 2.83 bits per heavy atom. The highest BCUT2D eigenvalue weighted by molar-refractivity contribution is 9.10. The van der Waals surface area contributed by atoms with Crippen LogP contribution in [-0.2, 0) is 6.42 Å². The van der Waals surface area contributed by atoms with E-state index in [9.17, 15) is 4.39 Å². The molecule has 1 aliphatic rings. The largest absolute Gasteiger partial charge is 0.493 e. The first-order valence-electron chi connectivity index (χ1n) is 5.89. The van der Waals surface area contributed by atoms with Crippen LogP contribution in [0.1, 0.15) is 17.0 Å². The van der Waals surface area contributed by atoms with Gasteiger partial charge in [-0.25, -0.2) is 4.39 Å². The molecule has 0 N–H and O–H groups in total. The number of rotatable bonds is 3. The standard InChI is InChI=1S/C15H12BrFO/c16-14-8-12(5-6-15(14)17)18-9-11-7-10-3-1-2-4-13(10)11/h1-6,8,11H,7,9H2. The van der Waals surface area contributed by atoms with E-state index in [1.54, 1.807) is 12.1 Å². The number of hydrogen-bond donors (Lipinski definition) is 0. The summed E-state index contributed by atoms with van der Waals surface area (Å²) < 4.78 is 19.2. The summed E-state index contributed by atoms with van der Waals surface area (Å²) in [5.41, 5.74) is 2.78. The normalized spacial score (nSPS) is 16.9. The molecule has 1 nitrogen and oxygen atoms in total. The van der Waals surface area contributed by atoms with Gasteiger partial charge in [0.1, 0.15) is 11.6 Å². The van der Waals surface area contributed by atoms with Gasteiger partial charge in [-0.1, -0.05) is 24.3 Å². The van der Waals surface area contributed by atoms with Crippen molar-refractivity contribution in [1.29, 1.82) is 0 Å². The predicted octanol–water partition coefficient (Wildman–Crippen LogP) is 4.31. The van der Waals surface area contributed by atoms with Crippen LogP contribution in [0.25, 0.3) is 0 Å². The minimum atomic E-state index is -0.267. The van der Waals surface area contributed by atoms with E-state index in [-0.39, 0.29) is 5.82 Å². The second-order valence-corrected chi connectivity index (χ2v) is 5.34. The molecule has 0 spiro atoms. The van der Waals surface area contributed by atoms with Crippen LogP contribution in [0.4, 0.5) is 4.39 Å². The lowest BCUT2D eigenvalue weighted by Crippen LogP contribution is -2.23. The Kier molecular flexibility index (Phi) is 3.08. The third-order valence-electron chi connectivity index (χ3n) is 3.30. The molecule has 3 heteroatoms. The zero-order valence-corrected chi connectivity index (χ0v) is 11.3. The van der Waals surface area contributed by atoms with Crippen molar-refractivity contribution < 1.29 is 9.13 Å². The van der Waals surface area contributed by atoms with E-state index < -0.39 is 0 Å². The Bertz CT molecular complexity index is 582. The Balaban J connectivity index is 1.65. The number of hydrogen-bond acceptors (Lipinski definition) is 1. The van der Waals surface area contributed by atoms with Crippen LogP contribution in [0.5, 0.6) is 5.75 Å². The van der Waals surface area contributed by atoms with Gasteiger partial charge in [0.05, 0.1) is 11.1 Å². The Morgan fingerprint density at radius 2 is 2.06 bits per heavy atom. The van der Waals surface area contributed by atoms with Crippen molar-refractivity contribution in [3.05, 3.63) is 63.9 Å². The average molecular weight is 307 g/mol. The summed E-state index contributed by atoms with van der Waals surface area (Å²) in [4.78, 5) is 0. The number of halogens is 2. The summed E-state index contributed by atoms with van der Waals surface area (Å²) in [7, 11) is 0. The van der Waals surface area contributed by atoms with Gasteiger partial charge in [0.2, 0.25) is 0 Å². The molecule has 0 amide bonds. The molecule has 0 saturated heterocycles. The molecular weight excluding hydrogens is 295 g/mol. The van der Waals surface area contributed by atoms with E-state index in [4.69, 9.17) is 4.74 Å². The van der Waals surface area contributed by atoms with Crippen molar-refractivity contribution in [1.82, 2.24) is 0 Å². The van der Waals surface area contributed by atoms with Crippen LogP contribution < -0.4 is 4.74 Å². The highest BCUT2D eigenvalue weighted by Crippen LogP contribution is 2.35. The number of fused-ring (bicyclic) bond motifs is 1. The molecule has 1 aliphatic carbocycles. The lowest BCUT2D eigenvalue weighted by molar-refractivity contribution is 0.275. The fraction of sp³-hybridized carbons (Fsp3) is 0.200. The molecule has 18 heavy (non-hydrogen) atoms. The molecule has 0 fully saturated rings. The number of benzene rings is 2. The van der Waals surface area contributed by atoms with Crippen molar-refractivity contribution >= 4 is 15.9 Å². The summed E-state index contributed by atoms with van der Waals surface area (Å²) in [6.45, 7) is 0.648. The summed E-state index contributed by atoms with van der Waals surface area (Å²) in [5, 5.41) is 0. The van der Waals surface area contributed by atoms with Crippen LogP contribution in [0.2, 0.25) is 0 Å².